The highest BCUT2D eigenvalue weighted by Crippen LogP contribution is 2.84. The molecule has 0 aromatic carbocycles. The third kappa shape index (κ3) is 1.28. The molecule has 6 bridgehead atoms. The van der Waals surface area contributed by atoms with E-state index in [0.717, 1.165) is 36.9 Å². The van der Waals surface area contributed by atoms with Crippen LogP contribution in [0.4, 0.5) is 0 Å². The summed E-state index contributed by atoms with van der Waals surface area (Å²) in [5.41, 5.74) is 2.14. The zero-order valence-corrected chi connectivity index (χ0v) is 14.8. The Labute approximate surface area is 139 Å². The Morgan fingerprint density at radius 1 is 1.04 bits per heavy atom. The number of hydrogen-bond donors (Lipinski definition) is 0. The van der Waals surface area contributed by atoms with Crippen molar-refractivity contribution in [2.24, 2.45) is 45.8 Å². The molecule has 0 radical (unpaired) electrons. The van der Waals surface area contributed by atoms with Crippen LogP contribution in [-0.4, -0.2) is 19.0 Å². The Hall–Kier alpha value is -0.600. The summed E-state index contributed by atoms with van der Waals surface area (Å²) >= 11 is 0. The average Bonchev–Trinajstić information content (AvgIpc) is 2.95. The normalized spacial score (nSPS) is 54.8. The molecule has 4 fully saturated rings. The van der Waals surface area contributed by atoms with Gasteiger partial charge in [0.05, 0.1) is 13.2 Å². The van der Waals surface area contributed by atoms with Crippen LogP contribution in [0.25, 0.3) is 0 Å². The molecule has 6 atom stereocenters. The van der Waals surface area contributed by atoms with Gasteiger partial charge in [-0.25, -0.2) is 0 Å². The van der Waals surface area contributed by atoms with Gasteiger partial charge >= 0.3 is 0 Å². The van der Waals surface area contributed by atoms with Crippen LogP contribution in [0.2, 0.25) is 0 Å². The molecule has 0 amide bonds. The molecule has 1 heterocycles. The van der Waals surface area contributed by atoms with Gasteiger partial charge in [-0.2, -0.15) is 0 Å². The standard InChI is InChI=1S/C21H28O2/c1-18(2)10-22-21(23-11-18)16-7-12-5-6-13-14-8-15(12)20(16,17(13)14)9-19(21,3)4/h5-7,12-15,17H,8-11H2,1-4H3/t12-,13-,14+,15-,17-,20-/m0/s1. The van der Waals surface area contributed by atoms with E-state index in [1.54, 1.807) is 5.57 Å². The predicted molar refractivity (Wildman–Crippen MR) is 88.5 cm³/mol. The average molecular weight is 312 g/mol. The summed E-state index contributed by atoms with van der Waals surface area (Å²) in [6.07, 6.45) is 10.3. The molecule has 0 aromatic rings. The Kier molecular flexibility index (Phi) is 2.08. The molecule has 23 heavy (non-hydrogen) atoms. The van der Waals surface area contributed by atoms with E-state index in [1.807, 2.05) is 0 Å². The van der Waals surface area contributed by atoms with Crippen LogP contribution < -0.4 is 0 Å². The molecule has 7 rings (SSSR count). The summed E-state index contributed by atoms with van der Waals surface area (Å²) in [5, 5.41) is 0. The topological polar surface area (TPSA) is 18.5 Å². The second-order valence-corrected chi connectivity index (χ2v) is 10.6. The van der Waals surface area contributed by atoms with E-state index >= 15 is 0 Å². The summed E-state index contributed by atoms with van der Waals surface area (Å²) in [6.45, 7) is 10.9. The number of hydrogen-bond acceptors (Lipinski definition) is 2. The summed E-state index contributed by atoms with van der Waals surface area (Å²) in [7, 11) is 0. The SMILES string of the molecule is CC1(C)COC2(OC1)C1=C[C@@H]3C=C[C@H]4[C@H]5C[C@@H]3[C@]1(CC2(C)C)[C@@H]45. The van der Waals surface area contributed by atoms with Crippen LogP contribution >= 0.6 is 0 Å². The monoisotopic (exact) mass is 312 g/mol. The molecular weight excluding hydrogens is 284 g/mol. The first-order chi connectivity index (χ1) is 10.8. The molecule has 2 nitrogen and oxygen atoms in total. The molecule has 2 heteroatoms. The lowest BCUT2D eigenvalue weighted by Gasteiger charge is -2.48. The van der Waals surface area contributed by atoms with Crippen molar-refractivity contribution < 1.29 is 9.47 Å². The molecule has 1 saturated heterocycles. The van der Waals surface area contributed by atoms with E-state index in [4.69, 9.17) is 9.47 Å². The summed E-state index contributed by atoms with van der Waals surface area (Å²) in [4.78, 5) is 0. The van der Waals surface area contributed by atoms with Crippen molar-refractivity contribution >= 4 is 0 Å². The Morgan fingerprint density at radius 3 is 2.52 bits per heavy atom. The fourth-order valence-corrected chi connectivity index (χ4v) is 7.43. The first-order valence-electron chi connectivity index (χ1n) is 9.50. The van der Waals surface area contributed by atoms with Crippen molar-refractivity contribution in [2.45, 2.75) is 46.3 Å². The second-order valence-electron chi connectivity index (χ2n) is 10.6. The highest BCUT2D eigenvalue weighted by atomic mass is 16.7. The highest BCUT2D eigenvalue weighted by Gasteiger charge is 2.81. The van der Waals surface area contributed by atoms with Gasteiger partial charge in [-0.3, -0.25) is 0 Å². The summed E-state index contributed by atoms with van der Waals surface area (Å²) in [6, 6.07) is 0. The van der Waals surface area contributed by atoms with Gasteiger partial charge in [0.15, 0.2) is 5.79 Å². The minimum absolute atomic E-state index is 0.0743. The minimum Gasteiger partial charge on any atom is -0.345 e. The molecule has 7 aliphatic rings. The molecule has 0 N–H and O–H groups in total. The molecule has 0 aromatic heterocycles. The van der Waals surface area contributed by atoms with Gasteiger partial charge in [-0.15, -0.1) is 0 Å². The Balaban J connectivity index is 1.52. The molecular formula is C21H28O2. The van der Waals surface area contributed by atoms with Gasteiger partial charge in [-0.05, 0) is 48.0 Å². The number of allylic oxidation sites excluding steroid dienone is 3. The Bertz CT molecular complexity index is 659. The maximum Gasteiger partial charge on any atom is 0.196 e. The zero-order valence-electron chi connectivity index (χ0n) is 14.8. The van der Waals surface area contributed by atoms with Crippen LogP contribution in [0, 0.1) is 45.8 Å². The number of rotatable bonds is 0. The summed E-state index contributed by atoms with van der Waals surface area (Å²) in [5.74, 6) is 3.69. The fraction of sp³-hybridized carbons (Fsp3) is 0.810. The summed E-state index contributed by atoms with van der Waals surface area (Å²) < 4.78 is 13.3. The highest BCUT2D eigenvalue weighted by molar-refractivity contribution is 5.49. The number of ether oxygens (including phenoxy) is 2. The van der Waals surface area contributed by atoms with Crippen molar-refractivity contribution in [3.8, 4) is 0 Å². The Morgan fingerprint density at radius 2 is 1.78 bits per heavy atom. The van der Waals surface area contributed by atoms with Crippen LogP contribution in [0.3, 0.4) is 0 Å². The predicted octanol–water partition coefficient (Wildman–Crippen LogP) is 4.18. The van der Waals surface area contributed by atoms with Crippen molar-refractivity contribution in [1.82, 2.24) is 0 Å². The minimum atomic E-state index is -0.456. The molecule has 3 saturated carbocycles. The first kappa shape index (κ1) is 13.7. The third-order valence-corrected chi connectivity index (χ3v) is 8.21. The fourth-order valence-electron chi connectivity index (χ4n) is 7.43. The first-order valence-corrected chi connectivity index (χ1v) is 9.50. The lowest BCUT2D eigenvalue weighted by Crippen LogP contribution is -2.54. The van der Waals surface area contributed by atoms with Crippen molar-refractivity contribution in [1.29, 1.82) is 0 Å². The van der Waals surface area contributed by atoms with E-state index in [-0.39, 0.29) is 10.8 Å². The van der Waals surface area contributed by atoms with E-state index in [9.17, 15) is 0 Å². The van der Waals surface area contributed by atoms with Gasteiger partial charge in [0.1, 0.15) is 0 Å². The van der Waals surface area contributed by atoms with Crippen molar-refractivity contribution in [2.75, 3.05) is 13.2 Å². The molecule has 2 spiro atoms. The third-order valence-electron chi connectivity index (χ3n) is 8.21. The lowest BCUT2D eigenvalue weighted by atomic mass is 9.69. The van der Waals surface area contributed by atoms with Crippen molar-refractivity contribution in [3.05, 3.63) is 23.8 Å². The molecule has 0 unspecified atom stereocenters. The van der Waals surface area contributed by atoms with Crippen LogP contribution in [0.1, 0.15) is 40.5 Å². The second kappa shape index (κ2) is 3.51. The maximum atomic E-state index is 6.63. The largest absolute Gasteiger partial charge is 0.345 e. The molecule has 1 aliphatic heterocycles. The van der Waals surface area contributed by atoms with Gasteiger partial charge in [-0.1, -0.05) is 45.9 Å². The van der Waals surface area contributed by atoms with E-state index in [0.29, 0.717) is 11.3 Å². The lowest BCUT2D eigenvalue weighted by molar-refractivity contribution is -0.313. The van der Waals surface area contributed by atoms with Gasteiger partial charge < -0.3 is 9.47 Å². The maximum absolute atomic E-state index is 6.63. The van der Waals surface area contributed by atoms with Crippen molar-refractivity contribution in [3.63, 3.8) is 0 Å². The van der Waals surface area contributed by atoms with Crippen LogP contribution in [-0.2, 0) is 9.47 Å². The van der Waals surface area contributed by atoms with Crippen LogP contribution in [0.15, 0.2) is 23.8 Å². The van der Waals surface area contributed by atoms with E-state index in [2.05, 4.69) is 45.9 Å². The van der Waals surface area contributed by atoms with Gasteiger partial charge in [0, 0.05) is 16.2 Å². The smallest absolute Gasteiger partial charge is 0.196 e. The molecule has 6 aliphatic carbocycles. The quantitative estimate of drug-likeness (QED) is 0.625. The zero-order chi connectivity index (χ0) is 15.8. The molecule has 124 valence electrons. The number of fused-ring (bicyclic) bond motifs is 1. The van der Waals surface area contributed by atoms with E-state index in [1.165, 1.54) is 12.8 Å². The van der Waals surface area contributed by atoms with Crippen LogP contribution in [0.5, 0.6) is 0 Å². The van der Waals surface area contributed by atoms with E-state index < -0.39 is 5.79 Å². The van der Waals surface area contributed by atoms with Gasteiger partial charge in [0.2, 0.25) is 0 Å². The van der Waals surface area contributed by atoms with Gasteiger partial charge in [0.25, 0.3) is 0 Å².